The van der Waals surface area contributed by atoms with Crippen LogP contribution in [0.25, 0.3) is 10.8 Å². The highest BCUT2D eigenvalue weighted by atomic mass is 16.5. The summed E-state index contributed by atoms with van der Waals surface area (Å²) in [5, 5.41) is 6.32. The van der Waals surface area contributed by atoms with Gasteiger partial charge >= 0.3 is 0 Å². The number of ether oxygens (including phenoxy) is 1. The maximum absolute atomic E-state index is 6.01. The van der Waals surface area contributed by atoms with E-state index in [9.17, 15) is 0 Å². The summed E-state index contributed by atoms with van der Waals surface area (Å²) in [7, 11) is 0. The van der Waals surface area contributed by atoms with Crippen LogP contribution in [-0.2, 0) is 6.54 Å². The standard InChI is InChI=1S/C21H27NO/c1-16(2)15-23-21-13-12-17-8-6-7-11-19(17)20(21)14-22-18-9-4-3-5-10-18/h6-8,11-13,18,22H,1,3-5,9-10,14-15H2,2H3. The van der Waals surface area contributed by atoms with Crippen molar-refractivity contribution in [2.75, 3.05) is 6.61 Å². The van der Waals surface area contributed by atoms with Crippen LogP contribution in [0.2, 0.25) is 0 Å². The Labute approximate surface area is 139 Å². The second-order valence-corrected chi connectivity index (χ2v) is 6.73. The molecule has 2 heteroatoms. The fourth-order valence-electron chi connectivity index (χ4n) is 3.39. The van der Waals surface area contributed by atoms with Gasteiger partial charge in [-0.15, -0.1) is 0 Å². The molecule has 0 heterocycles. The van der Waals surface area contributed by atoms with E-state index < -0.39 is 0 Å². The van der Waals surface area contributed by atoms with Gasteiger partial charge in [0.1, 0.15) is 12.4 Å². The molecule has 1 fully saturated rings. The summed E-state index contributed by atoms with van der Waals surface area (Å²) in [6.07, 6.45) is 6.69. The molecular formula is C21H27NO. The van der Waals surface area contributed by atoms with Gasteiger partial charge in [-0.3, -0.25) is 0 Å². The van der Waals surface area contributed by atoms with E-state index in [4.69, 9.17) is 4.74 Å². The van der Waals surface area contributed by atoms with Crippen molar-refractivity contribution in [2.24, 2.45) is 0 Å². The van der Waals surface area contributed by atoms with Gasteiger partial charge in [-0.2, -0.15) is 0 Å². The molecular weight excluding hydrogens is 282 g/mol. The lowest BCUT2D eigenvalue weighted by molar-refractivity contribution is 0.341. The summed E-state index contributed by atoms with van der Waals surface area (Å²) in [6, 6.07) is 13.5. The molecule has 0 aromatic heterocycles. The first-order valence-corrected chi connectivity index (χ1v) is 8.75. The summed E-state index contributed by atoms with van der Waals surface area (Å²) in [6.45, 7) is 7.39. The summed E-state index contributed by atoms with van der Waals surface area (Å²) in [4.78, 5) is 0. The van der Waals surface area contributed by atoms with Gasteiger partial charge < -0.3 is 10.1 Å². The van der Waals surface area contributed by atoms with E-state index in [-0.39, 0.29) is 0 Å². The first-order valence-electron chi connectivity index (χ1n) is 8.75. The molecule has 23 heavy (non-hydrogen) atoms. The quantitative estimate of drug-likeness (QED) is 0.739. The topological polar surface area (TPSA) is 21.3 Å². The third kappa shape index (κ3) is 4.14. The fourth-order valence-corrected chi connectivity index (χ4v) is 3.39. The number of hydrogen-bond acceptors (Lipinski definition) is 2. The molecule has 2 aromatic rings. The van der Waals surface area contributed by atoms with Crippen LogP contribution < -0.4 is 10.1 Å². The summed E-state index contributed by atoms with van der Waals surface area (Å²) >= 11 is 0. The number of hydrogen-bond donors (Lipinski definition) is 1. The highest BCUT2D eigenvalue weighted by Gasteiger charge is 2.15. The summed E-state index contributed by atoms with van der Waals surface area (Å²) < 4.78 is 6.01. The van der Waals surface area contributed by atoms with E-state index in [2.05, 4.69) is 48.3 Å². The number of nitrogens with one attached hydrogen (secondary N) is 1. The van der Waals surface area contributed by atoms with Crippen LogP contribution in [0.5, 0.6) is 5.75 Å². The van der Waals surface area contributed by atoms with Crippen molar-refractivity contribution >= 4 is 10.8 Å². The molecule has 3 rings (SSSR count). The van der Waals surface area contributed by atoms with E-state index >= 15 is 0 Å². The van der Waals surface area contributed by atoms with E-state index in [1.807, 2.05) is 6.92 Å². The Balaban J connectivity index is 1.83. The zero-order valence-electron chi connectivity index (χ0n) is 14.1. The molecule has 1 aliphatic rings. The monoisotopic (exact) mass is 309 g/mol. The van der Waals surface area contributed by atoms with Gasteiger partial charge in [-0.1, -0.05) is 56.2 Å². The largest absolute Gasteiger partial charge is 0.489 e. The SMILES string of the molecule is C=C(C)COc1ccc2ccccc2c1CNC1CCCCC1. The summed E-state index contributed by atoms with van der Waals surface area (Å²) in [5.74, 6) is 0.981. The van der Waals surface area contributed by atoms with Gasteiger partial charge in [0.2, 0.25) is 0 Å². The first-order chi connectivity index (χ1) is 11.2. The molecule has 0 bridgehead atoms. The van der Waals surface area contributed by atoms with Gasteiger partial charge in [0.25, 0.3) is 0 Å². The smallest absolute Gasteiger partial charge is 0.124 e. The lowest BCUT2D eigenvalue weighted by atomic mass is 9.95. The number of rotatable bonds is 6. The Morgan fingerprint density at radius 2 is 1.91 bits per heavy atom. The van der Waals surface area contributed by atoms with Crippen molar-refractivity contribution in [2.45, 2.75) is 51.6 Å². The van der Waals surface area contributed by atoms with Gasteiger partial charge in [-0.05, 0) is 42.2 Å². The lowest BCUT2D eigenvalue weighted by Crippen LogP contribution is -2.30. The van der Waals surface area contributed by atoms with Crippen molar-refractivity contribution in [3.05, 3.63) is 54.1 Å². The Bertz CT molecular complexity index is 671. The van der Waals surface area contributed by atoms with Crippen molar-refractivity contribution < 1.29 is 4.74 Å². The average molecular weight is 309 g/mol. The summed E-state index contributed by atoms with van der Waals surface area (Å²) in [5.41, 5.74) is 2.32. The van der Waals surface area contributed by atoms with Crippen LogP contribution >= 0.6 is 0 Å². The van der Waals surface area contributed by atoms with Gasteiger partial charge in [0, 0.05) is 18.2 Å². The van der Waals surface area contributed by atoms with Crippen LogP contribution in [0.3, 0.4) is 0 Å². The van der Waals surface area contributed by atoms with E-state index in [0.717, 1.165) is 17.9 Å². The zero-order chi connectivity index (χ0) is 16.1. The van der Waals surface area contributed by atoms with Gasteiger partial charge in [0.15, 0.2) is 0 Å². The van der Waals surface area contributed by atoms with E-state index in [0.29, 0.717) is 12.6 Å². The third-order valence-electron chi connectivity index (χ3n) is 4.64. The lowest BCUT2D eigenvalue weighted by Gasteiger charge is -2.24. The molecule has 0 amide bonds. The predicted molar refractivity (Wildman–Crippen MR) is 98.0 cm³/mol. The van der Waals surface area contributed by atoms with E-state index in [1.54, 1.807) is 0 Å². The van der Waals surface area contributed by atoms with Crippen molar-refractivity contribution in [1.82, 2.24) is 5.32 Å². The third-order valence-corrected chi connectivity index (χ3v) is 4.64. The zero-order valence-corrected chi connectivity index (χ0v) is 14.1. The Morgan fingerprint density at radius 3 is 2.70 bits per heavy atom. The minimum atomic E-state index is 0.578. The highest BCUT2D eigenvalue weighted by Crippen LogP contribution is 2.29. The average Bonchev–Trinajstić information content (AvgIpc) is 2.59. The Kier molecular flexibility index (Phi) is 5.35. The van der Waals surface area contributed by atoms with Gasteiger partial charge in [-0.25, -0.2) is 0 Å². The minimum absolute atomic E-state index is 0.578. The molecule has 0 radical (unpaired) electrons. The molecule has 0 saturated heterocycles. The minimum Gasteiger partial charge on any atom is -0.489 e. The van der Waals surface area contributed by atoms with Crippen LogP contribution in [-0.4, -0.2) is 12.6 Å². The van der Waals surface area contributed by atoms with Crippen molar-refractivity contribution in [3.8, 4) is 5.75 Å². The Morgan fingerprint density at radius 1 is 1.13 bits per heavy atom. The highest BCUT2D eigenvalue weighted by molar-refractivity contribution is 5.87. The first kappa shape index (κ1) is 16.1. The normalized spacial score (nSPS) is 15.7. The molecule has 122 valence electrons. The fraction of sp³-hybridized carbons (Fsp3) is 0.429. The van der Waals surface area contributed by atoms with Crippen molar-refractivity contribution in [3.63, 3.8) is 0 Å². The molecule has 0 spiro atoms. The van der Waals surface area contributed by atoms with Crippen molar-refractivity contribution in [1.29, 1.82) is 0 Å². The van der Waals surface area contributed by atoms with Crippen LogP contribution in [0, 0.1) is 0 Å². The number of benzene rings is 2. The van der Waals surface area contributed by atoms with Gasteiger partial charge in [0.05, 0.1) is 0 Å². The second kappa shape index (κ2) is 7.65. The molecule has 2 aromatic carbocycles. The van der Waals surface area contributed by atoms with Crippen LogP contribution in [0.15, 0.2) is 48.6 Å². The van der Waals surface area contributed by atoms with Crippen LogP contribution in [0.4, 0.5) is 0 Å². The predicted octanol–water partition coefficient (Wildman–Crippen LogP) is 5.22. The molecule has 0 aliphatic heterocycles. The Hall–Kier alpha value is -1.80. The van der Waals surface area contributed by atoms with E-state index in [1.165, 1.54) is 48.4 Å². The molecule has 1 aliphatic carbocycles. The second-order valence-electron chi connectivity index (χ2n) is 6.73. The number of fused-ring (bicyclic) bond motifs is 1. The maximum atomic E-state index is 6.01. The van der Waals surface area contributed by atoms with Crippen LogP contribution in [0.1, 0.15) is 44.6 Å². The molecule has 0 unspecified atom stereocenters. The maximum Gasteiger partial charge on any atom is 0.124 e. The molecule has 1 saturated carbocycles. The molecule has 2 nitrogen and oxygen atoms in total. The molecule has 0 atom stereocenters. The molecule has 1 N–H and O–H groups in total.